The highest BCUT2D eigenvalue weighted by molar-refractivity contribution is 7.89. The predicted molar refractivity (Wildman–Crippen MR) is 135 cm³/mol. The van der Waals surface area contributed by atoms with Crippen molar-refractivity contribution in [2.45, 2.75) is 43.4 Å². The van der Waals surface area contributed by atoms with Crippen LogP contribution in [0, 0.1) is 0 Å². The Labute approximate surface area is 202 Å². The molecule has 0 saturated carbocycles. The summed E-state index contributed by atoms with van der Waals surface area (Å²) in [5.74, 6) is 0.138. The summed E-state index contributed by atoms with van der Waals surface area (Å²) in [6.45, 7) is 3.13. The SMILES string of the molecule is COc1ccc(S(=O)(=O)N2CCCCC2)cc1NC(=O)CNc1ccccc1N1CCCCC1. The van der Waals surface area contributed by atoms with E-state index in [1.807, 2.05) is 18.2 Å². The van der Waals surface area contributed by atoms with Crippen LogP contribution in [0.15, 0.2) is 47.4 Å². The Hall–Kier alpha value is -2.78. The van der Waals surface area contributed by atoms with E-state index in [4.69, 9.17) is 4.74 Å². The van der Waals surface area contributed by atoms with Crippen molar-refractivity contribution in [1.29, 1.82) is 0 Å². The van der Waals surface area contributed by atoms with Gasteiger partial charge in [0.15, 0.2) is 0 Å². The molecule has 0 atom stereocenters. The highest BCUT2D eigenvalue weighted by Crippen LogP contribution is 2.31. The first-order chi connectivity index (χ1) is 16.5. The van der Waals surface area contributed by atoms with E-state index >= 15 is 0 Å². The molecular weight excluding hydrogens is 452 g/mol. The van der Waals surface area contributed by atoms with Gasteiger partial charge < -0.3 is 20.3 Å². The molecular formula is C25H34N4O4S. The van der Waals surface area contributed by atoms with Crippen LogP contribution in [0.1, 0.15) is 38.5 Å². The number of anilines is 3. The molecule has 2 aromatic carbocycles. The number of para-hydroxylation sites is 2. The number of benzene rings is 2. The number of hydrogen-bond acceptors (Lipinski definition) is 6. The maximum atomic E-state index is 13.1. The van der Waals surface area contributed by atoms with Gasteiger partial charge in [0.1, 0.15) is 5.75 Å². The van der Waals surface area contributed by atoms with Crippen LogP contribution < -0.4 is 20.3 Å². The van der Waals surface area contributed by atoms with Crippen LogP contribution in [0.3, 0.4) is 0 Å². The summed E-state index contributed by atoms with van der Waals surface area (Å²) >= 11 is 0. The van der Waals surface area contributed by atoms with Crippen molar-refractivity contribution >= 4 is 33.0 Å². The average molecular weight is 487 g/mol. The highest BCUT2D eigenvalue weighted by atomic mass is 32.2. The molecule has 2 aliphatic rings. The van der Waals surface area contributed by atoms with Crippen molar-refractivity contribution in [2.24, 2.45) is 0 Å². The van der Waals surface area contributed by atoms with E-state index in [9.17, 15) is 13.2 Å². The number of piperidine rings is 2. The maximum absolute atomic E-state index is 13.1. The van der Waals surface area contributed by atoms with Gasteiger partial charge in [-0.25, -0.2) is 8.42 Å². The van der Waals surface area contributed by atoms with Gasteiger partial charge in [0.2, 0.25) is 15.9 Å². The van der Waals surface area contributed by atoms with E-state index in [0.717, 1.165) is 43.7 Å². The number of hydrogen-bond donors (Lipinski definition) is 2. The molecule has 2 aromatic rings. The minimum atomic E-state index is -3.61. The number of carbonyl (C=O) groups is 1. The van der Waals surface area contributed by atoms with E-state index in [0.29, 0.717) is 24.5 Å². The number of rotatable bonds is 8. The Balaban J connectivity index is 1.45. The minimum absolute atomic E-state index is 0.0527. The largest absolute Gasteiger partial charge is 0.495 e. The van der Waals surface area contributed by atoms with Crippen molar-refractivity contribution in [3.8, 4) is 5.75 Å². The normalized spacial score (nSPS) is 17.3. The van der Waals surface area contributed by atoms with Crippen LogP contribution in [-0.4, -0.2) is 58.5 Å². The molecule has 4 rings (SSSR count). The number of nitrogens with one attached hydrogen (secondary N) is 2. The second-order valence-electron chi connectivity index (χ2n) is 8.79. The van der Waals surface area contributed by atoms with Crippen LogP contribution in [0.2, 0.25) is 0 Å². The fraction of sp³-hybridized carbons (Fsp3) is 0.480. The monoisotopic (exact) mass is 486 g/mol. The standard InChI is InChI=1S/C25H34N4O4S/c1-33-24-13-12-20(34(31,32)29-16-8-3-9-17-29)18-22(24)27-25(30)19-26-21-10-4-5-11-23(21)28-14-6-2-7-15-28/h4-5,10-13,18,26H,2-3,6-9,14-17,19H2,1H3,(H,27,30). The molecule has 2 fully saturated rings. The van der Waals surface area contributed by atoms with E-state index < -0.39 is 10.0 Å². The third-order valence-corrected chi connectivity index (χ3v) is 8.33. The summed E-state index contributed by atoms with van der Waals surface area (Å²) in [6, 6.07) is 12.6. The summed E-state index contributed by atoms with van der Waals surface area (Å²) in [7, 11) is -2.12. The van der Waals surface area contributed by atoms with Crippen LogP contribution in [0.4, 0.5) is 17.1 Å². The predicted octanol–water partition coefficient (Wildman–Crippen LogP) is 3.91. The van der Waals surface area contributed by atoms with E-state index in [1.54, 1.807) is 6.07 Å². The summed E-state index contributed by atoms with van der Waals surface area (Å²) in [5.41, 5.74) is 2.35. The van der Waals surface area contributed by atoms with Gasteiger partial charge in [-0.3, -0.25) is 4.79 Å². The van der Waals surface area contributed by atoms with Crippen LogP contribution in [0.25, 0.3) is 0 Å². The molecule has 0 unspecified atom stereocenters. The molecule has 0 spiro atoms. The lowest BCUT2D eigenvalue weighted by Gasteiger charge is -2.30. The van der Waals surface area contributed by atoms with Crippen LogP contribution >= 0.6 is 0 Å². The zero-order valence-corrected chi connectivity index (χ0v) is 20.6. The summed E-state index contributed by atoms with van der Waals surface area (Å²) in [4.78, 5) is 15.3. The fourth-order valence-corrected chi connectivity index (χ4v) is 6.15. The Morgan fingerprint density at radius 1 is 0.912 bits per heavy atom. The van der Waals surface area contributed by atoms with Crippen molar-refractivity contribution in [1.82, 2.24) is 4.31 Å². The Kier molecular flexibility index (Phi) is 7.95. The van der Waals surface area contributed by atoms with E-state index in [1.165, 1.54) is 42.8 Å². The molecule has 1 amide bonds. The van der Waals surface area contributed by atoms with Crippen molar-refractivity contribution in [3.63, 3.8) is 0 Å². The first kappa shape index (κ1) is 24.3. The second kappa shape index (κ2) is 11.1. The molecule has 34 heavy (non-hydrogen) atoms. The van der Waals surface area contributed by atoms with E-state index in [-0.39, 0.29) is 17.3 Å². The molecule has 2 aliphatic heterocycles. The molecule has 0 radical (unpaired) electrons. The number of nitrogens with zero attached hydrogens (tertiary/aromatic N) is 2. The fourth-order valence-electron chi connectivity index (χ4n) is 4.60. The van der Waals surface area contributed by atoms with Gasteiger partial charge in [-0.05, 0) is 62.4 Å². The van der Waals surface area contributed by atoms with Gasteiger partial charge >= 0.3 is 0 Å². The number of methoxy groups -OCH3 is 1. The summed E-state index contributed by atoms with van der Waals surface area (Å²) in [5, 5.41) is 6.07. The van der Waals surface area contributed by atoms with E-state index in [2.05, 4.69) is 21.6 Å². The maximum Gasteiger partial charge on any atom is 0.243 e. The molecule has 0 bridgehead atoms. The summed E-state index contributed by atoms with van der Waals surface area (Å²) in [6.07, 6.45) is 6.37. The molecule has 184 valence electrons. The van der Waals surface area contributed by atoms with Gasteiger partial charge in [-0.15, -0.1) is 0 Å². The van der Waals surface area contributed by atoms with Gasteiger partial charge in [0.05, 0.1) is 35.6 Å². The first-order valence-corrected chi connectivity index (χ1v) is 13.5. The average Bonchev–Trinajstić information content (AvgIpc) is 2.88. The Bertz CT molecular complexity index is 1090. The van der Waals surface area contributed by atoms with Crippen molar-refractivity contribution in [3.05, 3.63) is 42.5 Å². The Morgan fingerprint density at radius 3 is 2.29 bits per heavy atom. The molecule has 9 heteroatoms. The highest BCUT2D eigenvalue weighted by Gasteiger charge is 2.27. The molecule has 2 saturated heterocycles. The molecule has 0 aliphatic carbocycles. The third-order valence-electron chi connectivity index (χ3n) is 6.44. The third kappa shape index (κ3) is 5.64. The zero-order chi connectivity index (χ0) is 24.0. The lowest BCUT2D eigenvalue weighted by molar-refractivity contribution is -0.114. The lowest BCUT2D eigenvalue weighted by Crippen LogP contribution is -2.35. The van der Waals surface area contributed by atoms with Crippen LogP contribution in [0.5, 0.6) is 5.75 Å². The number of ether oxygens (including phenoxy) is 1. The summed E-state index contributed by atoms with van der Waals surface area (Å²) < 4.78 is 33.0. The van der Waals surface area contributed by atoms with Gasteiger partial charge in [0, 0.05) is 26.2 Å². The van der Waals surface area contributed by atoms with Crippen molar-refractivity contribution < 1.29 is 17.9 Å². The smallest absolute Gasteiger partial charge is 0.243 e. The second-order valence-corrected chi connectivity index (χ2v) is 10.7. The number of carbonyl (C=O) groups excluding carboxylic acids is 1. The zero-order valence-electron chi connectivity index (χ0n) is 19.8. The minimum Gasteiger partial charge on any atom is -0.495 e. The van der Waals surface area contributed by atoms with Crippen LogP contribution in [-0.2, 0) is 14.8 Å². The lowest BCUT2D eigenvalue weighted by atomic mass is 10.1. The van der Waals surface area contributed by atoms with Gasteiger partial charge in [-0.2, -0.15) is 4.31 Å². The number of amides is 1. The van der Waals surface area contributed by atoms with Gasteiger partial charge in [-0.1, -0.05) is 18.6 Å². The first-order valence-electron chi connectivity index (χ1n) is 12.0. The molecule has 0 aromatic heterocycles. The quantitative estimate of drug-likeness (QED) is 0.588. The number of sulfonamides is 1. The van der Waals surface area contributed by atoms with Crippen molar-refractivity contribution in [2.75, 3.05) is 55.4 Å². The molecule has 8 nitrogen and oxygen atoms in total. The molecule has 2 heterocycles. The molecule has 2 N–H and O–H groups in total. The van der Waals surface area contributed by atoms with Gasteiger partial charge in [0.25, 0.3) is 0 Å². The Morgan fingerprint density at radius 2 is 1.59 bits per heavy atom. The topological polar surface area (TPSA) is 91.0 Å².